The third-order valence-corrected chi connectivity index (χ3v) is 7.26. The summed E-state index contributed by atoms with van der Waals surface area (Å²) < 4.78 is 11.8. The van der Waals surface area contributed by atoms with Crippen LogP contribution in [0, 0.1) is 0 Å². The van der Waals surface area contributed by atoms with Crippen LogP contribution in [0.2, 0.25) is 0 Å². The van der Waals surface area contributed by atoms with Gasteiger partial charge in [-0.1, -0.05) is 41.7 Å². The van der Waals surface area contributed by atoms with E-state index in [1.54, 1.807) is 62.6 Å². The van der Waals surface area contributed by atoms with Crippen LogP contribution in [0.4, 0.5) is 5.69 Å². The molecule has 0 saturated heterocycles. The highest BCUT2D eigenvalue weighted by atomic mass is 32.1. The molecule has 0 saturated carbocycles. The fraction of sp³-hybridized carbons (Fsp3) is 0.192. The van der Waals surface area contributed by atoms with E-state index in [0.29, 0.717) is 33.1 Å². The number of benzene rings is 2. The molecule has 0 fully saturated rings. The van der Waals surface area contributed by atoms with Crippen molar-refractivity contribution in [3.05, 3.63) is 90.6 Å². The van der Waals surface area contributed by atoms with Crippen molar-refractivity contribution >= 4 is 40.4 Å². The molecule has 0 bridgehead atoms. The zero-order valence-corrected chi connectivity index (χ0v) is 20.7. The Hall–Kier alpha value is -4.31. The number of aromatic nitrogens is 1. The van der Waals surface area contributed by atoms with E-state index in [9.17, 15) is 19.2 Å². The highest BCUT2D eigenvalue weighted by molar-refractivity contribution is 7.07. The SMILES string of the molecule is COC(=O)C1=C(C)N=c2s/c(=C3\C(=O)N(C(C)=O)c4ccccc43)c(=O)n2[C@H]1c1ccc(OC)cc1. The lowest BCUT2D eigenvalue weighted by atomic mass is 9.96. The number of amides is 2. The van der Waals surface area contributed by atoms with E-state index in [1.807, 2.05) is 0 Å². The molecule has 2 amide bonds. The zero-order valence-electron chi connectivity index (χ0n) is 19.9. The molecule has 2 aliphatic heterocycles. The molecule has 0 radical (unpaired) electrons. The van der Waals surface area contributed by atoms with Crippen LogP contribution in [0.25, 0.3) is 5.57 Å². The maximum Gasteiger partial charge on any atom is 0.338 e. The Labute approximate surface area is 209 Å². The van der Waals surface area contributed by atoms with Gasteiger partial charge < -0.3 is 9.47 Å². The summed E-state index contributed by atoms with van der Waals surface area (Å²) in [4.78, 5) is 58.3. The molecule has 36 heavy (non-hydrogen) atoms. The number of imide groups is 1. The Morgan fingerprint density at radius 1 is 1.03 bits per heavy atom. The summed E-state index contributed by atoms with van der Waals surface area (Å²) in [5, 5.41) is 0. The van der Waals surface area contributed by atoms with Crippen molar-refractivity contribution in [2.75, 3.05) is 19.1 Å². The predicted octanol–water partition coefficient (Wildman–Crippen LogP) is 1.68. The standard InChI is InChI=1S/C26H21N3O6S/c1-13-19(25(33)35-4)21(15-9-11-16(34-3)12-10-15)29-24(32)22(36-26(29)27-13)20-17-7-5-6-8-18(17)28(14(2)30)23(20)31/h5-12,21H,1-4H3/b22-20-/t21-/m0/s1. The smallest absolute Gasteiger partial charge is 0.338 e. The van der Waals surface area contributed by atoms with Gasteiger partial charge in [0, 0.05) is 12.5 Å². The number of hydrogen-bond acceptors (Lipinski definition) is 8. The summed E-state index contributed by atoms with van der Waals surface area (Å²) in [6, 6.07) is 13.0. The maximum absolute atomic E-state index is 13.9. The molecule has 2 aliphatic rings. The first-order valence-corrected chi connectivity index (χ1v) is 11.8. The molecule has 2 aromatic carbocycles. The minimum atomic E-state index is -0.829. The maximum atomic E-state index is 13.9. The number of ether oxygens (including phenoxy) is 2. The quantitative estimate of drug-likeness (QED) is 0.504. The molecule has 1 aromatic heterocycles. The van der Waals surface area contributed by atoms with Gasteiger partial charge in [0.15, 0.2) is 4.80 Å². The van der Waals surface area contributed by atoms with Gasteiger partial charge in [0.1, 0.15) is 10.3 Å². The van der Waals surface area contributed by atoms with Gasteiger partial charge in [-0.3, -0.25) is 19.0 Å². The topological polar surface area (TPSA) is 107 Å². The minimum absolute atomic E-state index is 0.138. The molecule has 0 spiro atoms. The first-order chi connectivity index (χ1) is 17.3. The summed E-state index contributed by atoms with van der Waals surface area (Å²) in [7, 11) is 2.82. The first kappa shape index (κ1) is 23.4. The molecule has 5 rings (SSSR count). The van der Waals surface area contributed by atoms with E-state index in [1.165, 1.54) is 18.6 Å². The van der Waals surface area contributed by atoms with Gasteiger partial charge in [-0.2, -0.15) is 0 Å². The average molecular weight is 504 g/mol. The van der Waals surface area contributed by atoms with Gasteiger partial charge in [-0.15, -0.1) is 0 Å². The van der Waals surface area contributed by atoms with Crippen LogP contribution >= 0.6 is 11.3 Å². The number of fused-ring (bicyclic) bond motifs is 2. The number of hydrogen-bond donors (Lipinski definition) is 0. The van der Waals surface area contributed by atoms with Crippen LogP contribution in [-0.4, -0.2) is 36.6 Å². The van der Waals surface area contributed by atoms with Crippen molar-refractivity contribution in [2.45, 2.75) is 19.9 Å². The summed E-state index contributed by atoms with van der Waals surface area (Å²) in [6.07, 6.45) is 0. The van der Waals surface area contributed by atoms with E-state index in [-0.39, 0.29) is 15.7 Å². The van der Waals surface area contributed by atoms with Crippen LogP contribution in [0.3, 0.4) is 0 Å². The number of methoxy groups -OCH3 is 2. The van der Waals surface area contributed by atoms with Gasteiger partial charge in [0.2, 0.25) is 5.91 Å². The molecule has 10 heteroatoms. The second kappa shape index (κ2) is 8.72. The fourth-order valence-electron chi connectivity index (χ4n) is 4.59. The molecule has 0 unspecified atom stereocenters. The molecular weight excluding hydrogens is 482 g/mol. The lowest BCUT2D eigenvalue weighted by Gasteiger charge is -2.24. The largest absolute Gasteiger partial charge is 0.497 e. The Morgan fingerprint density at radius 3 is 2.36 bits per heavy atom. The molecule has 9 nitrogen and oxygen atoms in total. The van der Waals surface area contributed by atoms with E-state index in [0.717, 1.165) is 16.2 Å². The number of anilines is 1. The van der Waals surface area contributed by atoms with E-state index in [4.69, 9.17) is 9.47 Å². The summed E-state index contributed by atoms with van der Waals surface area (Å²) in [6.45, 7) is 2.98. The van der Waals surface area contributed by atoms with Crippen LogP contribution in [0.15, 0.2) is 69.6 Å². The van der Waals surface area contributed by atoms with Crippen molar-refractivity contribution in [1.82, 2.24) is 4.57 Å². The van der Waals surface area contributed by atoms with Crippen molar-refractivity contribution in [2.24, 2.45) is 4.99 Å². The molecule has 1 atom stereocenters. The average Bonchev–Trinajstić information content (AvgIpc) is 3.35. The van der Waals surface area contributed by atoms with Crippen LogP contribution in [0.1, 0.15) is 31.0 Å². The van der Waals surface area contributed by atoms with E-state index in [2.05, 4.69) is 4.99 Å². The highest BCUT2D eigenvalue weighted by Gasteiger charge is 2.38. The van der Waals surface area contributed by atoms with Gasteiger partial charge in [-0.05, 0) is 30.7 Å². The number of para-hydroxylation sites is 1. The fourth-order valence-corrected chi connectivity index (χ4v) is 5.73. The summed E-state index contributed by atoms with van der Waals surface area (Å²) in [5.41, 5.74) is 1.84. The second-order valence-electron chi connectivity index (χ2n) is 8.22. The van der Waals surface area contributed by atoms with Gasteiger partial charge >= 0.3 is 5.97 Å². The van der Waals surface area contributed by atoms with E-state index >= 15 is 0 Å². The molecule has 0 N–H and O–H groups in total. The van der Waals surface area contributed by atoms with Crippen LogP contribution < -0.4 is 24.5 Å². The number of esters is 1. The summed E-state index contributed by atoms with van der Waals surface area (Å²) >= 11 is 1.05. The van der Waals surface area contributed by atoms with Gasteiger partial charge in [-0.25, -0.2) is 14.7 Å². The lowest BCUT2D eigenvalue weighted by Crippen LogP contribution is -2.41. The van der Waals surface area contributed by atoms with Crippen molar-refractivity contribution in [1.29, 1.82) is 0 Å². The van der Waals surface area contributed by atoms with Crippen molar-refractivity contribution < 1.29 is 23.9 Å². The number of carbonyl (C=O) groups is 3. The number of allylic oxidation sites excluding steroid dienone is 1. The van der Waals surface area contributed by atoms with Crippen LogP contribution in [-0.2, 0) is 19.1 Å². The van der Waals surface area contributed by atoms with E-state index < -0.39 is 29.4 Å². The second-order valence-corrected chi connectivity index (χ2v) is 9.20. The third kappa shape index (κ3) is 3.41. The third-order valence-electron chi connectivity index (χ3n) is 6.21. The normalized spacial score (nSPS) is 17.9. The number of nitrogens with zero attached hydrogens (tertiary/aromatic N) is 3. The molecule has 3 aromatic rings. The summed E-state index contributed by atoms with van der Waals surface area (Å²) in [5.74, 6) is -1.01. The zero-order chi connectivity index (χ0) is 25.7. The Bertz CT molecular complexity index is 1660. The molecule has 3 heterocycles. The van der Waals surface area contributed by atoms with Gasteiger partial charge in [0.25, 0.3) is 11.5 Å². The highest BCUT2D eigenvalue weighted by Crippen LogP contribution is 2.36. The van der Waals surface area contributed by atoms with Crippen LogP contribution in [0.5, 0.6) is 5.75 Å². The number of carbonyl (C=O) groups excluding carboxylic acids is 3. The first-order valence-electron chi connectivity index (χ1n) is 11.0. The Balaban J connectivity index is 1.83. The minimum Gasteiger partial charge on any atom is -0.497 e. The molecule has 0 aliphatic carbocycles. The number of thiazole rings is 1. The monoisotopic (exact) mass is 503 g/mol. The van der Waals surface area contributed by atoms with Gasteiger partial charge in [0.05, 0.1) is 42.8 Å². The van der Waals surface area contributed by atoms with Crippen molar-refractivity contribution in [3.8, 4) is 5.75 Å². The number of rotatable bonds is 3. The van der Waals surface area contributed by atoms with Crippen molar-refractivity contribution in [3.63, 3.8) is 0 Å². The molecule has 182 valence electrons. The Kier molecular flexibility index (Phi) is 5.68. The Morgan fingerprint density at radius 2 is 1.72 bits per heavy atom. The predicted molar refractivity (Wildman–Crippen MR) is 132 cm³/mol. The lowest BCUT2D eigenvalue weighted by molar-refractivity contribution is -0.136. The molecular formula is C26H21N3O6S.